The van der Waals surface area contributed by atoms with Crippen LogP contribution in [-0.4, -0.2) is 43.8 Å². The Bertz CT molecular complexity index is 780. The number of aromatic nitrogens is 4. The van der Waals surface area contributed by atoms with Crippen molar-refractivity contribution in [1.29, 1.82) is 0 Å². The summed E-state index contributed by atoms with van der Waals surface area (Å²) in [4.78, 5) is 19.4. The predicted octanol–water partition coefficient (Wildman–Crippen LogP) is 2.20. The minimum absolute atomic E-state index is 0.000254. The average Bonchev–Trinajstić information content (AvgIpc) is 3.27. The number of carbonyl (C=O) groups excluding carboxylic acids is 1. The van der Waals surface area contributed by atoms with Gasteiger partial charge in [-0.05, 0) is 30.7 Å². The van der Waals surface area contributed by atoms with Crippen LogP contribution in [0.3, 0.4) is 0 Å². The van der Waals surface area contributed by atoms with Crippen molar-refractivity contribution in [2.45, 2.75) is 44.9 Å². The second-order valence-electron chi connectivity index (χ2n) is 7.92. The zero-order valence-electron chi connectivity index (χ0n) is 15.1. The molecule has 0 spiro atoms. The van der Waals surface area contributed by atoms with Crippen LogP contribution in [0.15, 0.2) is 16.8 Å². The third-order valence-corrected chi connectivity index (χ3v) is 5.59. The van der Waals surface area contributed by atoms with Gasteiger partial charge in [-0.25, -0.2) is 0 Å². The summed E-state index contributed by atoms with van der Waals surface area (Å²) in [6.07, 6.45) is 5.89. The first-order valence-corrected chi connectivity index (χ1v) is 9.10. The summed E-state index contributed by atoms with van der Waals surface area (Å²) < 4.78 is 7.16. The van der Waals surface area contributed by atoms with E-state index in [1.165, 1.54) is 0 Å². The van der Waals surface area contributed by atoms with Gasteiger partial charge in [-0.1, -0.05) is 25.4 Å². The summed E-state index contributed by atoms with van der Waals surface area (Å²) in [7, 11) is 1.83. The molecule has 2 fully saturated rings. The van der Waals surface area contributed by atoms with E-state index in [1.54, 1.807) is 16.9 Å². The molecule has 1 saturated heterocycles. The summed E-state index contributed by atoms with van der Waals surface area (Å²) in [6, 6.07) is 1.78. The number of hydrogen-bond donors (Lipinski definition) is 0. The number of likely N-dealkylation sites (tertiary alicyclic amines) is 1. The third kappa shape index (κ3) is 2.75. The van der Waals surface area contributed by atoms with Gasteiger partial charge in [-0.2, -0.15) is 10.1 Å². The molecular formula is C18H25N5O2. The summed E-state index contributed by atoms with van der Waals surface area (Å²) in [6.45, 7) is 5.70. The molecule has 0 aromatic carbocycles. The van der Waals surface area contributed by atoms with Crippen molar-refractivity contribution in [1.82, 2.24) is 24.8 Å². The number of amides is 1. The monoisotopic (exact) mass is 343 g/mol. The Morgan fingerprint density at radius 3 is 3.04 bits per heavy atom. The van der Waals surface area contributed by atoms with Gasteiger partial charge in [0.15, 0.2) is 5.82 Å². The maximum Gasteiger partial charge on any atom is 0.274 e. The van der Waals surface area contributed by atoms with Crippen molar-refractivity contribution in [2.75, 3.05) is 13.1 Å². The van der Waals surface area contributed by atoms with E-state index in [4.69, 9.17) is 9.51 Å². The molecule has 1 saturated carbocycles. The van der Waals surface area contributed by atoms with Crippen molar-refractivity contribution in [3.8, 4) is 0 Å². The Balaban J connectivity index is 1.58. The Labute approximate surface area is 147 Å². The smallest absolute Gasteiger partial charge is 0.274 e. The van der Waals surface area contributed by atoms with Crippen molar-refractivity contribution in [3.63, 3.8) is 0 Å². The molecule has 0 radical (unpaired) electrons. The number of rotatable bonds is 4. The molecule has 7 heteroatoms. The standard InChI is InChI=1S/C18H25N5O2/c1-12(2)9-15-19-17(21-25-15)18-7-4-5-13(18)10-23(11-18)16(24)14-6-8-22(3)20-14/h6,8,12-13H,4-5,7,9-11H2,1-3H3/t13-,18-/m1/s1. The second-order valence-corrected chi connectivity index (χ2v) is 7.92. The Morgan fingerprint density at radius 1 is 1.48 bits per heavy atom. The molecule has 2 atom stereocenters. The summed E-state index contributed by atoms with van der Waals surface area (Å²) >= 11 is 0. The van der Waals surface area contributed by atoms with Crippen molar-refractivity contribution < 1.29 is 9.32 Å². The SMILES string of the molecule is CC(C)Cc1nc([C@@]23CCC[C@@H]2CN(C(=O)c2ccn(C)n2)C3)no1. The lowest BCUT2D eigenvalue weighted by atomic mass is 9.80. The number of fused-ring (bicyclic) bond motifs is 1. The van der Waals surface area contributed by atoms with Crippen LogP contribution in [0, 0.1) is 11.8 Å². The Hall–Kier alpha value is -2.18. The highest BCUT2D eigenvalue weighted by Gasteiger charge is 2.54. The maximum absolute atomic E-state index is 12.8. The second kappa shape index (κ2) is 5.97. The molecule has 2 aromatic rings. The summed E-state index contributed by atoms with van der Waals surface area (Å²) in [5.41, 5.74) is 0.356. The molecule has 0 N–H and O–H groups in total. The van der Waals surface area contributed by atoms with E-state index in [0.717, 1.165) is 38.1 Å². The molecule has 3 heterocycles. The van der Waals surface area contributed by atoms with Gasteiger partial charge in [-0.3, -0.25) is 9.48 Å². The van der Waals surface area contributed by atoms with Gasteiger partial charge < -0.3 is 9.42 Å². The van der Waals surface area contributed by atoms with Gasteiger partial charge in [0.25, 0.3) is 5.91 Å². The van der Waals surface area contributed by atoms with Crippen LogP contribution in [-0.2, 0) is 18.9 Å². The summed E-state index contributed by atoms with van der Waals surface area (Å²) in [5, 5.41) is 8.57. The first kappa shape index (κ1) is 16.3. The van der Waals surface area contributed by atoms with E-state index < -0.39 is 0 Å². The highest BCUT2D eigenvalue weighted by Crippen LogP contribution is 2.49. The molecule has 134 valence electrons. The molecule has 1 amide bonds. The highest BCUT2D eigenvalue weighted by molar-refractivity contribution is 5.92. The molecule has 7 nitrogen and oxygen atoms in total. The Kier molecular flexibility index (Phi) is 3.89. The fraction of sp³-hybridized carbons (Fsp3) is 0.667. The van der Waals surface area contributed by atoms with Gasteiger partial charge in [0.1, 0.15) is 5.69 Å². The lowest BCUT2D eigenvalue weighted by molar-refractivity contribution is 0.0770. The first-order chi connectivity index (χ1) is 12.0. The molecule has 2 aliphatic rings. The minimum atomic E-state index is -0.150. The zero-order valence-corrected chi connectivity index (χ0v) is 15.1. The van der Waals surface area contributed by atoms with Gasteiger partial charge in [0, 0.05) is 32.8 Å². The molecule has 2 aromatic heterocycles. The van der Waals surface area contributed by atoms with E-state index >= 15 is 0 Å². The summed E-state index contributed by atoms with van der Waals surface area (Å²) in [5.74, 6) is 2.39. The lowest BCUT2D eigenvalue weighted by Gasteiger charge is -2.24. The number of hydrogen-bond acceptors (Lipinski definition) is 5. The van der Waals surface area contributed by atoms with Crippen LogP contribution in [0.1, 0.15) is 55.3 Å². The molecule has 4 rings (SSSR count). The lowest BCUT2D eigenvalue weighted by Crippen LogP contribution is -2.35. The van der Waals surface area contributed by atoms with Crippen molar-refractivity contribution in [2.24, 2.45) is 18.9 Å². The molecule has 0 unspecified atom stereocenters. The topological polar surface area (TPSA) is 77.1 Å². The van der Waals surface area contributed by atoms with Gasteiger partial charge in [0.2, 0.25) is 5.89 Å². The normalized spacial score (nSPS) is 25.8. The number of aryl methyl sites for hydroxylation is 1. The van der Waals surface area contributed by atoms with Crippen LogP contribution in [0.4, 0.5) is 0 Å². The molecule has 1 aliphatic heterocycles. The molecule has 25 heavy (non-hydrogen) atoms. The average molecular weight is 343 g/mol. The number of carbonyl (C=O) groups is 1. The van der Waals surface area contributed by atoms with Gasteiger partial charge >= 0.3 is 0 Å². The molecular weight excluding hydrogens is 318 g/mol. The van der Waals surface area contributed by atoms with E-state index in [-0.39, 0.29) is 11.3 Å². The van der Waals surface area contributed by atoms with Crippen LogP contribution >= 0.6 is 0 Å². The first-order valence-electron chi connectivity index (χ1n) is 9.10. The van der Waals surface area contributed by atoms with E-state index in [2.05, 4.69) is 24.1 Å². The number of nitrogens with zero attached hydrogens (tertiary/aromatic N) is 5. The fourth-order valence-electron chi connectivity index (χ4n) is 4.39. The zero-order chi connectivity index (χ0) is 17.6. The van der Waals surface area contributed by atoms with Crippen LogP contribution in [0.5, 0.6) is 0 Å². The maximum atomic E-state index is 12.8. The molecule has 1 aliphatic carbocycles. The quantitative estimate of drug-likeness (QED) is 0.850. The van der Waals surface area contributed by atoms with Crippen LogP contribution in [0.25, 0.3) is 0 Å². The molecule has 0 bridgehead atoms. The van der Waals surface area contributed by atoms with Crippen molar-refractivity contribution >= 4 is 5.91 Å². The van der Waals surface area contributed by atoms with E-state index in [0.29, 0.717) is 30.0 Å². The highest BCUT2D eigenvalue weighted by atomic mass is 16.5. The van der Waals surface area contributed by atoms with Crippen LogP contribution in [0.2, 0.25) is 0 Å². The predicted molar refractivity (Wildman–Crippen MR) is 91.0 cm³/mol. The van der Waals surface area contributed by atoms with Gasteiger partial charge in [-0.15, -0.1) is 0 Å². The third-order valence-electron chi connectivity index (χ3n) is 5.59. The van der Waals surface area contributed by atoms with E-state index in [1.807, 2.05) is 11.9 Å². The largest absolute Gasteiger partial charge is 0.339 e. The Morgan fingerprint density at radius 2 is 2.32 bits per heavy atom. The van der Waals surface area contributed by atoms with E-state index in [9.17, 15) is 4.79 Å². The van der Waals surface area contributed by atoms with Gasteiger partial charge in [0.05, 0.1) is 5.41 Å². The van der Waals surface area contributed by atoms with Crippen LogP contribution < -0.4 is 0 Å². The minimum Gasteiger partial charge on any atom is -0.339 e. The van der Waals surface area contributed by atoms with Crippen molar-refractivity contribution in [3.05, 3.63) is 29.7 Å². The fourth-order valence-corrected chi connectivity index (χ4v) is 4.39.